The topological polar surface area (TPSA) is 93.0 Å². The predicted molar refractivity (Wildman–Crippen MR) is 150 cm³/mol. The third kappa shape index (κ3) is 7.75. The number of nitrogens with zero attached hydrogens (tertiary/aromatic N) is 3. The van der Waals surface area contributed by atoms with E-state index < -0.39 is 12.1 Å². The summed E-state index contributed by atoms with van der Waals surface area (Å²) in [5.74, 6) is 1.96. The van der Waals surface area contributed by atoms with E-state index in [1.54, 1.807) is 18.2 Å². The molecule has 204 valence electrons. The first-order chi connectivity index (χ1) is 19.6. The molecule has 1 aliphatic rings. The fraction of sp³-hybridized carbons (Fsp3) is 0.219. The minimum absolute atomic E-state index is 0.0523. The molecule has 4 aromatic carbocycles. The zero-order chi connectivity index (χ0) is 27.6. The second kappa shape index (κ2) is 13.5. The monoisotopic (exact) mass is 537 g/mol. The summed E-state index contributed by atoms with van der Waals surface area (Å²) >= 11 is 0. The van der Waals surface area contributed by atoms with Crippen LogP contribution in [0.3, 0.4) is 0 Å². The standard InChI is InChI=1S/C32H31N3O5/c36-26(23-40-30-13-7-12-29-31(30)34-32(37)33-29)21-35(20-24-8-3-1-4-9-24)18-19-38-27-14-16-28(17-15-27)39-22-25-10-5-2-6-11-25/h1-17,26,36H,18-23H2. The Morgan fingerprint density at radius 3 is 2.12 bits per heavy atom. The molecule has 40 heavy (non-hydrogen) atoms. The van der Waals surface area contributed by atoms with Gasteiger partial charge in [0.25, 0.3) is 0 Å². The van der Waals surface area contributed by atoms with Crippen molar-refractivity contribution in [1.82, 2.24) is 4.90 Å². The first-order valence-electron chi connectivity index (χ1n) is 13.2. The number of fused-ring (bicyclic) bond motifs is 1. The number of amides is 2. The summed E-state index contributed by atoms with van der Waals surface area (Å²) in [7, 11) is 0. The number of aliphatic hydroxyl groups is 1. The van der Waals surface area contributed by atoms with Gasteiger partial charge in [0.05, 0.1) is 5.36 Å². The summed E-state index contributed by atoms with van der Waals surface area (Å²) in [5, 5.41) is 11.7. The van der Waals surface area contributed by atoms with Crippen LogP contribution < -0.4 is 24.9 Å². The van der Waals surface area contributed by atoms with Gasteiger partial charge in [0.1, 0.15) is 48.5 Å². The van der Waals surface area contributed by atoms with Gasteiger partial charge >= 0.3 is 6.03 Å². The number of ether oxygens (including phenoxy) is 3. The number of benzene rings is 4. The molecule has 0 aliphatic carbocycles. The molecule has 0 saturated heterocycles. The first-order valence-corrected chi connectivity index (χ1v) is 13.2. The second-order valence-corrected chi connectivity index (χ2v) is 9.41. The number of urea groups is 1. The van der Waals surface area contributed by atoms with E-state index in [4.69, 9.17) is 14.2 Å². The highest BCUT2D eigenvalue weighted by molar-refractivity contribution is 5.77. The van der Waals surface area contributed by atoms with Gasteiger partial charge in [-0.3, -0.25) is 4.90 Å². The lowest BCUT2D eigenvalue weighted by Gasteiger charge is -2.25. The number of hydrogen-bond acceptors (Lipinski definition) is 6. The van der Waals surface area contributed by atoms with E-state index in [2.05, 4.69) is 27.0 Å². The van der Waals surface area contributed by atoms with Crippen molar-refractivity contribution in [3.8, 4) is 17.2 Å². The highest BCUT2D eigenvalue weighted by Crippen LogP contribution is 2.19. The molecule has 8 nitrogen and oxygen atoms in total. The van der Waals surface area contributed by atoms with Crippen molar-refractivity contribution in [1.29, 1.82) is 0 Å². The smallest absolute Gasteiger partial charge is 0.368 e. The lowest BCUT2D eigenvalue weighted by molar-refractivity contribution is 0.0600. The van der Waals surface area contributed by atoms with Gasteiger partial charge < -0.3 is 19.3 Å². The van der Waals surface area contributed by atoms with Gasteiger partial charge in [-0.15, -0.1) is 0 Å². The lowest BCUT2D eigenvalue weighted by atomic mass is 10.2. The molecule has 1 heterocycles. The van der Waals surface area contributed by atoms with Crippen LogP contribution in [0.4, 0.5) is 4.79 Å². The summed E-state index contributed by atoms with van der Waals surface area (Å²) in [6.07, 6.45) is -0.769. The van der Waals surface area contributed by atoms with Gasteiger partial charge in [0.2, 0.25) is 0 Å². The lowest BCUT2D eigenvalue weighted by Crippen LogP contribution is -2.38. The van der Waals surface area contributed by atoms with Crippen LogP contribution in [0, 0.1) is 0 Å². The highest BCUT2D eigenvalue weighted by Gasteiger charge is 2.16. The third-order valence-electron chi connectivity index (χ3n) is 6.30. The molecule has 0 saturated carbocycles. The van der Waals surface area contributed by atoms with Crippen molar-refractivity contribution < 1.29 is 24.1 Å². The Morgan fingerprint density at radius 2 is 1.40 bits per heavy atom. The van der Waals surface area contributed by atoms with Crippen LogP contribution in [0.5, 0.6) is 17.2 Å². The largest absolute Gasteiger partial charge is 0.492 e. The molecule has 0 radical (unpaired) electrons. The molecular formula is C32H31N3O5. The van der Waals surface area contributed by atoms with Crippen molar-refractivity contribution in [2.24, 2.45) is 9.98 Å². The van der Waals surface area contributed by atoms with Crippen LogP contribution in [-0.2, 0) is 13.2 Å². The second-order valence-electron chi connectivity index (χ2n) is 9.41. The van der Waals surface area contributed by atoms with Crippen molar-refractivity contribution >= 4 is 6.03 Å². The van der Waals surface area contributed by atoms with E-state index >= 15 is 0 Å². The Kier molecular flexibility index (Phi) is 9.13. The van der Waals surface area contributed by atoms with Crippen LogP contribution in [-0.4, -0.2) is 48.4 Å². The number of carbonyl (C=O) groups is 1. The molecule has 5 rings (SSSR count). The van der Waals surface area contributed by atoms with Gasteiger partial charge in [-0.2, -0.15) is 9.98 Å². The maximum absolute atomic E-state index is 11.5. The fourth-order valence-electron chi connectivity index (χ4n) is 4.33. The number of hydrogen-bond donors (Lipinski definition) is 1. The molecule has 0 fully saturated rings. The van der Waals surface area contributed by atoms with Gasteiger partial charge in [-0.05, 0) is 47.5 Å². The third-order valence-corrected chi connectivity index (χ3v) is 6.30. The average molecular weight is 538 g/mol. The molecule has 1 unspecified atom stereocenters. The quantitative estimate of drug-likeness (QED) is 0.262. The summed E-state index contributed by atoms with van der Waals surface area (Å²) in [5.41, 5.74) is 2.25. The molecule has 0 aromatic heterocycles. The molecule has 8 heteroatoms. The molecule has 2 amide bonds. The first kappa shape index (κ1) is 27.1. The Labute approximate surface area is 232 Å². The van der Waals surface area contributed by atoms with E-state index in [1.807, 2.05) is 72.8 Å². The zero-order valence-electron chi connectivity index (χ0n) is 22.1. The number of rotatable bonds is 14. The SMILES string of the molecule is O=C1N=c2cccc(OCC(O)CN(CCOc3ccc(OCc4ccccc4)cc3)Cc3ccccc3)c2=N1. The Balaban J connectivity index is 1.13. The van der Waals surface area contributed by atoms with Crippen molar-refractivity contribution in [3.63, 3.8) is 0 Å². The minimum Gasteiger partial charge on any atom is -0.492 e. The average Bonchev–Trinajstić information content (AvgIpc) is 3.37. The molecule has 1 aliphatic heterocycles. The predicted octanol–water partition coefficient (Wildman–Crippen LogP) is 3.96. The highest BCUT2D eigenvalue weighted by atomic mass is 16.5. The Hall–Kier alpha value is -4.53. The Bertz CT molecular complexity index is 1510. The minimum atomic E-state index is -0.769. The number of carbonyl (C=O) groups excluding carboxylic acids is 1. The number of para-hydroxylation sites is 1. The van der Waals surface area contributed by atoms with Gasteiger partial charge in [0.15, 0.2) is 0 Å². The molecule has 0 bridgehead atoms. The zero-order valence-corrected chi connectivity index (χ0v) is 22.1. The van der Waals surface area contributed by atoms with Gasteiger partial charge in [-0.1, -0.05) is 66.7 Å². The molecular weight excluding hydrogens is 506 g/mol. The van der Waals surface area contributed by atoms with Gasteiger partial charge in [-0.25, -0.2) is 4.79 Å². The van der Waals surface area contributed by atoms with Crippen LogP contribution in [0.1, 0.15) is 11.1 Å². The van der Waals surface area contributed by atoms with E-state index in [0.717, 1.165) is 22.6 Å². The molecule has 1 atom stereocenters. The Morgan fingerprint density at radius 1 is 0.725 bits per heavy atom. The van der Waals surface area contributed by atoms with E-state index in [0.29, 0.717) is 49.3 Å². The van der Waals surface area contributed by atoms with E-state index in [-0.39, 0.29) is 6.61 Å². The summed E-state index contributed by atoms with van der Waals surface area (Å²) < 4.78 is 17.7. The van der Waals surface area contributed by atoms with Gasteiger partial charge in [0, 0.05) is 19.6 Å². The normalized spacial score (nSPS) is 12.8. The van der Waals surface area contributed by atoms with Crippen LogP contribution in [0.2, 0.25) is 0 Å². The summed E-state index contributed by atoms with van der Waals surface area (Å²) in [6.45, 7) is 2.63. The molecule has 1 N–H and O–H groups in total. The van der Waals surface area contributed by atoms with Crippen molar-refractivity contribution in [2.45, 2.75) is 19.3 Å². The van der Waals surface area contributed by atoms with Crippen LogP contribution in [0.25, 0.3) is 0 Å². The van der Waals surface area contributed by atoms with E-state index in [9.17, 15) is 9.90 Å². The number of aliphatic hydroxyl groups excluding tert-OH is 1. The van der Waals surface area contributed by atoms with Crippen molar-refractivity contribution in [2.75, 3.05) is 26.3 Å². The maximum atomic E-state index is 11.5. The molecule has 4 aromatic rings. The summed E-state index contributed by atoms with van der Waals surface area (Å²) in [6, 6.07) is 32.3. The van der Waals surface area contributed by atoms with E-state index in [1.165, 1.54) is 0 Å². The van der Waals surface area contributed by atoms with Crippen molar-refractivity contribution in [3.05, 3.63) is 125 Å². The van der Waals surface area contributed by atoms with Crippen LogP contribution in [0.15, 0.2) is 113 Å². The van der Waals surface area contributed by atoms with Crippen LogP contribution >= 0.6 is 0 Å². The maximum Gasteiger partial charge on any atom is 0.368 e. The summed E-state index contributed by atoms with van der Waals surface area (Å²) in [4.78, 5) is 21.4. The molecule has 0 spiro atoms. The fourth-order valence-corrected chi connectivity index (χ4v) is 4.33.